The van der Waals surface area contributed by atoms with Gasteiger partial charge < -0.3 is 40.2 Å². The van der Waals surface area contributed by atoms with E-state index in [2.05, 4.69) is 124 Å². The highest BCUT2D eigenvalue weighted by Gasteiger charge is 2.25. The molecule has 2 unspecified atom stereocenters. The molecule has 0 spiro atoms. The zero-order valence-electron chi connectivity index (χ0n) is 45.0. The third-order valence-electron chi connectivity index (χ3n) is 14.7. The minimum atomic E-state index is 0.267. The molecule has 0 aliphatic heterocycles. The Bertz CT molecular complexity index is 2650. The molecule has 390 valence electrons. The molecule has 6 aromatic rings. The first-order chi connectivity index (χ1) is 35.1. The number of ether oxygens (including phenoxy) is 3. The molecule has 10 heteroatoms. The summed E-state index contributed by atoms with van der Waals surface area (Å²) in [6.07, 6.45) is 6.01. The molecule has 0 heterocycles. The van der Waals surface area contributed by atoms with Gasteiger partial charge in [0.2, 0.25) is 0 Å². The average Bonchev–Trinajstić information content (AvgIpc) is 3.37. The number of rotatable bonds is 21. The Balaban J connectivity index is 0.000000214. The van der Waals surface area contributed by atoms with E-state index in [4.69, 9.17) is 14.2 Å². The molecular formula is C63H82N4O6. The number of aromatic hydroxyl groups is 3. The summed E-state index contributed by atoms with van der Waals surface area (Å²) < 4.78 is 17.4. The van der Waals surface area contributed by atoms with Crippen molar-refractivity contribution in [2.75, 3.05) is 44.0 Å². The lowest BCUT2D eigenvalue weighted by molar-refractivity contribution is 0.142. The number of hydrogen-bond acceptors (Lipinski definition) is 10. The van der Waals surface area contributed by atoms with E-state index in [9.17, 15) is 15.3 Å². The maximum absolute atomic E-state index is 10.2. The molecule has 2 atom stereocenters. The van der Waals surface area contributed by atoms with Gasteiger partial charge in [-0.1, -0.05) is 48.5 Å². The first-order valence-corrected chi connectivity index (χ1v) is 26.7. The highest BCUT2D eigenvalue weighted by atomic mass is 16.5. The standard InChI is InChI=1S/C32H42N2O3.C31H40N2O3/c1-22(2)34(23(3)4)16-17-37-29-12-6-24(7-13-29)21-33-32-20-28(35)11-15-31(32)27-9-8-26-19-30(36-5)14-10-25(26)18-27;1-21(2)33(22(3)4)15-16-36-29-12-5-23(6-13-29)20-32-31-19-28(35)11-14-30(31)26-8-7-25-18-27(34)10-9-24(25)17-26/h6-7,10-15,19-20,22-23,27,33,35H,8-9,16-18,21H2,1-5H3;5-6,9-14,18-19,21-22,26,32,34-35H,7-8,15-17,20H2,1-4H3. The fourth-order valence-corrected chi connectivity index (χ4v) is 10.8. The summed E-state index contributed by atoms with van der Waals surface area (Å²) in [6.45, 7) is 22.3. The van der Waals surface area contributed by atoms with E-state index in [0.29, 0.717) is 68.1 Å². The highest BCUT2D eigenvalue weighted by Crippen LogP contribution is 2.40. The van der Waals surface area contributed by atoms with Crippen LogP contribution in [0, 0.1) is 0 Å². The number of aryl methyl sites for hydroxylation is 2. The van der Waals surface area contributed by atoms with Crippen LogP contribution in [0.5, 0.6) is 34.5 Å². The Labute approximate surface area is 436 Å². The molecule has 10 nitrogen and oxygen atoms in total. The predicted molar refractivity (Wildman–Crippen MR) is 299 cm³/mol. The number of benzene rings is 6. The van der Waals surface area contributed by atoms with Gasteiger partial charge in [-0.15, -0.1) is 0 Å². The van der Waals surface area contributed by atoms with Crippen molar-refractivity contribution in [3.05, 3.63) is 166 Å². The minimum absolute atomic E-state index is 0.267. The van der Waals surface area contributed by atoms with Gasteiger partial charge in [0, 0.05) is 73.9 Å². The molecule has 0 fully saturated rings. The highest BCUT2D eigenvalue weighted by molar-refractivity contribution is 5.59. The Morgan fingerprint density at radius 2 is 0.849 bits per heavy atom. The van der Waals surface area contributed by atoms with Gasteiger partial charge in [0.1, 0.15) is 47.7 Å². The number of phenols is 3. The second kappa shape index (κ2) is 26.0. The van der Waals surface area contributed by atoms with Crippen LogP contribution in [0.2, 0.25) is 0 Å². The molecule has 0 radical (unpaired) electrons. The van der Waals surface area contributed by atoms with E-state index in [1.54, 1.807) is 25.3 Å². The van der Waals surface area contributed by atoms with Crippen molar-refractivity contribution in [3.63, 3.8) is 0 Å². The van der Waals surface area contributed by atoms with Crippen LogP contribution in [0.3, 0.4) is 0 Å². The van der Waals surface area contributed by atoms with Crippen LogP contribution in [0.15, 0.2) is 121 Å². The quantitative estimate of drug-likeness (QED) is 0.0477. The largest absolute Gasteiger partial charge is 0.508 e. The summed E-state index contributed by atoms with van der Waals surface area (Å²) in [6, 6.07) is 42.1. The Kier molecular flexibility index (Phi) is 19.4. The van der Waals surface area contributed by atoms with E-state index in [1.807, 2.05) is 54.6 Å². The molecule has 0 bridgehead atoms. The van der Waals surface area contributed by atoms with Crippen molar-refractivity contribution in [2.45, 2.75) is 143 Å². The second-order valence-electron chi connectivity index (χ2n) is 21.1. The number of fused-ring (bicyclic) bond motifs is 2. The van der Waals surface area contributed by atoms with Gasteiger partial charge in [0.15, 0.2) is 0 Å². The lowest BCUT2D eigenvalue weighted by Crippen LogP contribution is -2.39. The van der Waals surface area contributed by atoms with Crippen molar-refractivity contribution in [1.82, 2.24) is 9.80 Å². The van der Waals surface area contributed by atoms with Crippen molar-refractivity contribution in [1.29, 1.82) is 0 Å². The molecule has 2 aliphatic rings. The molecule has 5 N–H and O–H groups in total. The lowest BCUT2D eigenvalue weighted by Gasteiger charge is -2.30. The molecule has 8 rings (SSSR count). The van der Waals surface area contributed by atoms with Gasteiger partial charge >= 0.3 is 0 Å². The van der Waals surface area contributed by atoms with Crippen LogP contribution in [-0.4, -0.2) is 82.7 Å². The Morgan fingerprint density at radius 3 is 1.27 bits per heavy atom. The van der Waals surface area contributed by atoms with E-state index >= 15 is 0 Å². The number of nitrogens with one attached hydrogen (secondary N) is 2. The number of hydrogen-bond donors (Lipinski definition) is 5. The lowest BCUT2D eigenvalue weighted by atomic mass is 9.79. The zero-order chi connectivity index (χ0) is 52.0. The van der Waals surface area contributed by atoms with Crippen LogP contribution < -0.4 is 24.8 Å². The topological polar surface area (TPSA) is 119 Å². The summed E-state index contributed by atoms with van der Waals surface area (Å²) >= 11 is 0. The van der Waals surface area contributed by atoms with Crippen molar-refractivity contribution in [3.8, 4) is 34.5 Å². The zero-order valence-corrected chi connectivity index (χ0v) is 45.0. The summed E-state index contributed by atoms with van der Waals surface area (Å²) in [5.74, 6) is 4.38. The van der Waals surface area contributed by atoms with Gasteiger partial charge in [-0.3, -0.25) is 9.80 Å². The molecule has 0 aromatic heterocycles. The monoisotopic (exact) mass is 991 g/mol. The first kappa shape index (κ1) is 54.4. The van der Waals surface area contributed by atoms with Crippen molar-refractivity contribution in [2.24, 2.45) is 0 Å². The average molecular weight is 991 g/mol. The fourth-order valence-electron chi connectivity index (χ4n) is 10.8. The van der Waals surface area contributed by atoms with E-state index in [-0.39, 0.29) is 11.5 Å². The number of anilines is 2. The second-order valence-corrected chi connectivity index (χ2v) is 21.1. The van der Waals surface area contributed by atoms with Gasteiger partial charge in [0.05, 0.1) is 7.11 Å². The van der Waals surface area contributed by atoms with Gasteiger partial charge in [-0.05, 0) is 211 Å². The van der Waals surface area contributed by atoms with Crippen LogP contribution in [-0.2, 0) is 38.8 Å². The molecule has 0 saturated carbocycles. The first-order valence-electron chi connectivity index (χ1n) is 26.7. The van der Waals surface area contributed by atoms with Gasteiger partial charge in [-0.25, -0.2) is 0 Å². The minimum Gasteiger partial charge on any atom is -0.508 e. The van der Waals surface area contributed by atoms with Crippen LogP contribution >= 0.6 is 0 Å². The van der Waals surface area contributed by atoms with E-state index < -0.39 is 0 Å². The molecular weight excluding hydrogens is 909 g/mol. The van der Waals surface area contributed by atoms with Crippen molar-refractivity contribution < 1.29 is 29.5 Å². The molecule has 0 saturated heterocycles. The van der Waals surface area contributed by atoms with Crippen LogP contribution in [0.4, 0.5) is 11.4 Å². The maximum Gasteiger partial charge on any atom is 0.119 e. The molecule has 2 aliphatic carbocycles. The number of methoxy groups -OCH3 is 1. The number of phenolic OH excluding ortho intramolecular Hbond substituents is 3. The third kappa shape index (κ3) is 15.3. The molecule has 6 aromatic carbocycles. The summed E-state index contributed by atoms with van der Waals surface area (Å²) in [4.78, 5) is 4.87. The molecule has 0 amide bonds. The maximum atomic E-state index is 10.2. The van der Waals surface area contributed by atoms with Crippen LogP contribution in [0.25, 0.3) is 0 Å². The molecule has 73 heavy (non-hydrogen) atoms. The Hall–Kier alpha value is -6.36. The normalized spacial score (nSPS) is 15.3. The SMILES string of the molecule is CC(C)N(CCOc1ccc(CNc2cc(O)ccc2C2CCc3cc(O)ccc3C2)cc1)C(C)C.COc1ccc2c(c1)CCC(c1ccc(O)cc1NCc1ccc(OCCN(C(C)C)C(C)C)cc1)C2. The summed E-state index contributed by atoms with van der Waals surface area (Å²) in [7, 11) is 1.72. The van der Waals surface area contributed by atoms with Crippen molar-refractivity contribution >= 4 is 11.4 Å². The van der Waals surface area contributed by atoms with E-state index in [1.165, 1.54) is 38.9 Å². The van der Waals surface area contributed by atoms with Gasteiger partial charge in [-0.2, -0.15) is 0 Å². The van der Waals surface area contributed by atoms with Gasteiger partial charge in [0.25, 0.3) is 0 Å². The van der Waals surface area contributed by atoms with E-state index in [0.717, 1.165) is 85.8 Å². The third-order valence-corrected chi connectivity index (χ3v) is 14.7. The smallest absolute Gasteiger partial charge is 0.119 e. The predicted octanol–water partition coefficient (Wildman–Crippen LogP) is 13.3. The van der Waals surface area contributed by atoms with Crippen LogP contribution in [0.1, 0.15) is 125 Å². The fraction of sp³-hybridized carbons (Fsp3) is 0.429. The summed E-state index contributed by atoms with van der Waals surface area (Å²) in [5.41, 5.74) is 12.1. The number of nitrogens with zero attached hydrogens (tertiary/aromatic N) is 2. The summed E-state index contributed by atoms with van der Waals surface area (Å²) in [5, 5.41) is 37.3. The Morgan fingerprint density at radius 1 is 0.466 bits per heavy atom.